The highest BCUT2D eigenvalue weighted by molar-refractivity contribution is 5.89. The van der Waals surface area contributed by atoms with E-state index in [-0.39, 0.29) is 17.4 Å². The van der Waals surface area contributed by atoms with Crippen LogP contribution in [0, 0.1) is 5.92 Å². The summed E-state index contributed by atoms with van der Waals surface area (Å²) in [4.78, 5) is 32.0. The maximum Gasteiger partial charge on any atom is 0.338 e. The zero-order valence-corrected chi connectivity index (χ0v) is 19.4. The van der Waals surface area contributed by atoms with Crippen molar-refractivity contribution in [2.45, 2.75) is 45.6 Å². The number of aromatic nitrogens is 1. The van der Waals surface area contributed by atoms with Gasteiger partial charge in [-0.1, -0.05) is 42.9 Å². The standard InChI is InChI=1S/C28H30N2O3/c1-4-15-33-27(32)21-10-8-20(9-11-21)7-6-14-29-28-18-19(3)16-22(23(28)5-2)17-25-24(28)12-13-26(31)30-25/h5-14,16,22H,4,15,17-18H2,1-3H3,(H,30,31)/b7-6?,23-5+,29-14?/t22-,28+/m0/s1. The first-order valence-electron chi connectivity index (χ1n) is 11.5. The number of pyridine rings is 1. The summed E-state index contributed by atoms with van der Waals surface area (Å²) < 4.78 is 5.18. The van der Waals surface area contributed by atoms with Gasteiger partial charge >= 0.3 is 5.97 Å². The van der Waals surface area contributed by atoms with E-state index in [4.69, 9.17) is 9.73 Å². The Hall–Kier alpha value is -3.47. The zero-order valence-electron chi connectivity index (χ0n) is 19.4. The number of fused-ring (bicyclic) bond motifs is 4. The third-order valence-corrected chi connectivity index (χ3v) is 6.33. The van der Waals surface area contributed by atoms with Crippen LogP contribution in [-0.2, 0) is 16.7 Å². The molecular formula is C28H30N2O3. The van der Waals surface area contributed by atoms with Gasteiger partial charge < -0.3 is 9.72 Å². The second-order valence-electron chi connectivity index (χ2n) is 8.71. The van der Waals surface area contributed by atoms with E-state index in [2.05, 4.69) is 31.0 Å². The lowest BCUT2D eigenvalue weighted by molar-refractivity contribution is 0.0505. The third-order valence-electron chi connectivity index (χ3n) is 6.33. The number of nitrogens with zero attached hydrogens (tertiary/aromatic N) is 1. The number of esters is 1. The van der Waals surface area contributed by atoms with Crippen LogP contribution in [0.1, 0.15) is 60.8 Å². The average Bonchev–Trinajstić information content (AvgIpc) is 2.80. The Labute approximate surface area is 194 Å². The molecule has 5 heteroatoms. The van der Waals surface area contributed by atoms with Crippen LogP contribution in [0.25, 0.3) is 6.08 Å². The summed E-state index contributed by atoms with van der Waals surface area (Å²) in [5, 5.41) is 0. The van der Waals surface area contributed by atoms with Gasteiger partial charge in [0.25, 0.3) is 0 Å². The molecule has 5 nitrogen and oxygen atoms in total. The van der Waals surface area contributed by atoms with Crippen molar-refractivity contribution in [3.05, 3.63) is 98.5 Å². The van der Waals surface area contributed by atoms with Crippen LogP contribution in [0.4, 0.5) is 0 Å². The Balaban J connectivity index is 1.60. The molecule has 33 heavy (non-hydrogen) atoms. The molecular weight excluding hydrogens is 412 g/mol. The van der Waals surface area contributed by atoms with Crippen molar-refractivity contribution >= 4 is 18.3 Å². The van der Waals surface area contributed by atoms with Gasteiger partial charge in [-0.2, -0.15) is 0 Å². The van der Waals surface area contributed by atoms with Crippen LogP contribution in [0.3, 0.4) is 0 Å². The van der Waals surface area contributed by atoms with Gasteiger partial charge in [-0.25, -0.2) is 4.79 Å². The molecule has 2 bridgehead atoms. The largest absolute Gasteiger partial charge is 0.462 e. The fourth-order valence-electron chi connectivity index (χ4n) is 4.99. The first-order valence-corrected chi connectivity index (χ1v) is 11.5. The zero-order chi connectivity index (χ0) is 23.4. The van der Waals surface area contributed by atoms with E-state index in [0.29, 0.717) is 12.2 Å². The Morgan fingerprint density at radius 1 is 1.24 bits per heavy atom. The number of nitrogens with one attached hydrogen (secondary N) is 1. The third kappa shape index (κ3) is 4.54. The Morgan fingerprint density at radius 3 is 2.76 bits per heavy atom. The molecule has 1 aromatic heterocycles. The van der Waals surface area contributed by atoms with E-state index in [9.17, 15) is 9.59 Å². The summed E-state index contributed by atoms with van der Waals surface area (Å²) in [6.07, 6.45) is 12.6. The molecule has 0 radical (unpaired) electrons. The molecule has 0 aliphatic heterocycles. The van der Waals surface area contributed by atoms with Crippen molar-refractivity contribution in [1.82, 2.24) is 4.98 Å². The van der Waals surface area contributed by atoms with E-state index in [1.54, 1.807) is 18.2 Å². The normalized spacial score (nSPS) is 23.1. The number of H-pyrrole nitrogens is 1. The fraction of sp³-hybridized carbons (Fsp3) is 0.321. The molecule has 1 heterocycles. The van der Waals surface area contributed by atoms with Gasteiger partial charge in [-0.3, -0.25) is 9.79 Å². The monoisotopic (exact) mass is 442 g/mol. The Kier molecular flexibility index (Phi) is 6.59. The molecule has 2 aliphatic rings. The van der Waals surface area contributed by atoms with E-state index < -0.39 is 5.54 Å². The van der Waals surface area contributed by atoms with Crippen molar-refractivity contribution in [3.63, 3.8) is 0 Å². The first kappa shape index (κ1) is 22.7. The average molecular weight is 443 g/mol. The summed E-state index contributed by atoms with van der Waals surface area (Å²) in [6.45, 7) is 6.63. The van der Waals surface area contributed by atoms with Crippen molar-refractivity contribution < 1.29 is 9.53 Å². The van der Waals surface area contributed by atoms with Gasteiger partial charge in [-0.05, 0) is 62.1 Å². The molecule has 170 valence electrons. The lowest BCUT2D eigenvalue weighted by Crippen LogP contribution is -2.40. The predicted molar refractivity (Wildman–Crippen MR) is 133 cm³/mol. The summed E-state index contributed by atoms with van der Waals surface area (Å²) in [7, 11) is 0. The summed E-state index contributed by atoms with van der Waals surface area (Å²) in [6, 6.07) is 10.9. The predicted octanol–water partition coefficient (Wildman–Crippen LogP) is 5.39. The maximum absolute atomic E-state index is 12.0. The van der Waals surface area contributed by atoms with Crippen LogP contribution < -0.4 is 5.56 Å². The molecule has 1 N–H and O–H groups in total. The van der Waals surface area contributed by atoms with Gasteiger partial charge in [0.2, 0.25) is 5.56 Å². The molecule has 0 fully saturated rings. The van der Waals surface area contributed by atoms with Crippen LogP contribution in [0.2, 0.25) is 0 Å². The summed E-state index contributed by atoms with van der Waals surface area (Å²) in [5.74, 6) is -0.0494. The minimum Gasteiger partial charge on any atom is -0.462 e. The number of allylic oxidation sites excluding steroid dienone is 3. The maximum atomic E-state index is 12.0. The molecule has 1 aromatic carbocycles. The highest BCUT2D eigenvalue weighted by Crippen LogP contribution is 2.51. The van der Waals surface area contributed by atoms with Crippen molar-refractivity contribution in [3.8, 4) is 0 Å². The molecule has 0 spiro atoms. The lowest BCUT2D eigenvalue weighted by Gasteiger charge is -2.45. The molecule has 4 rings (SSSR count). The Bertz CT molecular complexity index is 1210. The van der Waals surface area contributed by atoms with Crippen LogP contribution >= 0.6 is 0 Å². The SMILES string of the molecule is C/C=C1\[C@H]2C=C(C)C[C@]1(N=CC=Cc1ccc(C(=O)OCCC)cc1)c1ccc(=O)[nH]c1C2. The highest BCUT2D eigenvalue weighted by atomic mass is 16.5. The summed E-state index contributed by atoms with van der Waals surface area (Å²) in [5.41, 5.74) is 5.62. The first-order chi connectivity index (χ1) is 16.0. The molecule has 2 aromatic rings. The molecule has 0 amide bonds. The molecule has 2 aliphatic carbocycles. The van der Waals surface area contributed by atoms with Crippen molar-refractivity contribution in [2.24, 2.45) is 10.9 Å². The fourth-order valence-corrected chi connectivity index (χ4v) is 4.99. The number of aromatic amines is 1. The summed E-state index contributed by atoms with van der Waals surface area (Å²) >= 11 is 0. The van der Waals surface area contributed by atoms with Crippen molar-refractivity contribution in [1.29, 1.82) is 0 Å². The minimum absolute atomic E-state index is 0.0718. The lowest BCUT2D eigenvalue weighted by atomic mass is 9.63. The van der Waals surface area contributed by atoms with Gasteiger partial charge in [0.1, 0.15) is 5.54 Å². The molecule has 0 saturated heterocycles. The number of ether oxygens (including phenoxy) is 1. The van der Waals surface area contributed by atoms with E-state index in [1.165, 1.54) is 11.1 Å². The number of hydrogen-bond acceptors (Lipinski definition) is 4. The highest BCUT2D eigenvalue weighted by Gasteiger charge is 2.46. The van der Waals surface area contributed by atoms with E-state index in [1.807, 2.05) is 43.5 Å². The topological polar surface area (TPSA) is 71.5 Å². The van der Waals surface area contributed by atoms with Gasteiger partial charge in [-0.15, -0.1) is 0 Å². The second kappa shape index (κ2) is 9.57. The number of benzene rings is 1. The van der Waals surface area contributed by atoms with Crippen LogP contribution in [0.15, 0.2) is 75.6 Å². The molecule has 2 atom stereocenters. The minimum atomic E-state index is -0.493. The number of carbonyl (C=O) groups excluding carboxylic acids is 1. The Morgan fingerprint density at radius 2 is 2.03 bits per heavy atom. The number of carbonyl (C=O) groups is 1. The molecule has 0 unspecified atom stereocenters. The number of aliphatic imine (C=N–C) groups is 1. The van der Waals surface area contributed by atoms with Gasteiger partial charge in [0, 0.05) is 35.9 Å². The van der Waals surface area contributed by atoms with Crippen molar-refractivity contribution in [2.75, 3.05) is 6.61 Å². The van der Waals surface area contributed by atoms with Crippen LogP contribution in [-0.4, -0.2) is 23.8 Å². The smallest absolute Gasteiger partial charge is 0.338 e. The van der Waals surface area contributed by atoms with E-state index in [0.717, 1.165) is 36.1 Å². The number of rotatable bonds is 6. The van der Waals surface area contributed by atoms with E-state index >= 15 is 0 Å². The quantitative estimate of drug-likeness (QED) is 0.370. The molecule has 0 saturated carbocycles. The number of hydrogen-bond donors (Lipinski definition) is 1. The van der Waals surface area contributed by atoms with Crippen LogP contribution in [0.5, 0.6) is 0 Å². The second-order valence-corrected chi connectivity index (χ2v) is 8.71. The van der Waals surface area contributed by atoms with Gasteiger partial charge in [0.15, 0.2) is 0 Å². The van der Waals surface area contributed by atoms with Gasteiger partial charge in [0.05, 0.1) is 12.2 Å².